The first kappa shape index (κ1) is 14.5. The van der Waals surface area contributed by atoms with Crippen LogP contribution in [0.25, 0.3) is 0 Å². The number of nitrogens with one attached hydrogen (secondary N) is 2. The molecule has 114 valence electrons. The zero-order valence-corrected chi connectivity index (χ0v) is 12.4. The second-order valence-electron chi connectivity index (χ2n) is 6.02. The lowest BCUT2D eigenvalue weighted by Gasteiger charge is -2.27. The van der Waals surface area contributed by atoms with Crippen LogP contribution in [0.15, 0.2) is 24.3 Å². The van der Waals surface area contributed by atoms with Gasteiger partial charge in [0, 0.05) is 31.5 Å². The molecule has 2 unspecified atom stereocenters. The molecule has 0 spiro atoms. The third-order valence-electron chi connectivity index (χ3n) is 4.47. The predicted molar refractivity (Wildman–Crippen MR) is 82.4 cm³/mol. The van der Waals surface area contributed by atoms with Crippen molar-refractivity contribution in [2.75, 3.05) is 26.3 Å². The molecule has 1 heterocycles. The smallest absolute Gasteiger partial charge is 0.221 e. The summed E-state index contributed by atoms with van der Waals surface area (Å²) in [4.78, 5) is 12.1. The van der Waals surface area contributed by atoms with Gasteiger partial charge in [-0.25, -0.2) is 0 Å². The van der Waals surface area contributed by atoms with E-state index in [-0.39, 0.29) is 11.9 Å². The van der Waals surface area contributed by atoms with Crippen molar-refractivity contribution in [3.8, 4) is 0 Å². The average Bonchev–Trinajstić information content (AvgIpc) is 2.54. The fourth-order valence-corrected chi connectivity index (χ4v) is 3.35. The van der Waals surface area contributed by atoms with Gasteiger partial charge in [-0.15, -0.1) is 0 Å². The molecular formula is C17H24N2O2. The van der Waals surface area contributed by atoms with E-state index in [1.54, 1.807) is 0 Å². The molecule has 2 atom stereocenters. The van der Waals surface area contributed by atoms with E-state index in [2.05, 4.69) is 34.9 Å². The summed E-state index contributed by atoms with van der Waals surface area (Å²) in [6.45, 7) is 2.98. The molecule has 4 heteroatoms. The summed E-state index contributed by atoms with van der Waals surface area (Å²) < 4.78 is 5.38. The van der Waals surface area contributed by atoms with Crippen molar-refractivity contribution in [1.82, 2.24) is 10.6 Å². The van der Waals surface area contributed by atoms with Crippen molar-refractivity contribution >= 4 is 5.91 Å². The monoisotopic (exact) mass is 288 g/mol. The number of carbonyl (C=O) groups is 1. The quantitative estimate of drug-likeness (QED) is 0.885. The Labute approximate surface area is 126 Å². The van der Waals surface area contributed by atoms with E-state index in [9.17, 15) is 4.79 Å². The summed E-state index contributed by atoms with van der Waals surface area (Å²) >= 11 is 0. The molecule has 1 aromatic rings. The van der Waals surface area contributed by atoms with Gasteiger partial charge in [0.05, 0.1) is 13.2 Å². The van der Waals surface area contributed by atoms with Gasteiger partial charge in [-0.05, 0) is 30.4 Å². The van der Waals surface area contributed by atoms with Crippen LogP contribution in [0.5, 0.6) is 0 Å². The third kappa shape index (κ3) is 3.83. The van der Waals surface area contributed by atoms with Crippen LogP contribution < -0.4 is 10.6 Å². The number of morpholine rings is 1. The number of carbonyl (C=O) groups excluding carboxylic acids is 1. The molecule has 1 aliphatic heterocycles. The minimum absolute atomic E-state index is 0.126. The maximum atomic E-state index is 12.1. The molecule has 0 bridgehead atoms. The highest BCUT2D eigenvalue weighted by atomic mass is 16.5. The first-order chi connectivity index (χ1) is 10.3. The standard InChI is InChI=1S/C17H24N2O2/c20-17(10-15-12-21-9-8-18-15)19-11-14-6-3-5-13-4-1-2-7-16(13)14/h1-2,4,7,14-15,18H,3,5-6,8-12H2,(H,19,20). The number of ether oxygens (including phenoxy) is 1. The van der Waals surface area contributed by atoms with E-state index in [1.165, 1.54) is 30.4 Å². The molecular weight excluding hydrogens is 264 g/mol. The van der Waals surface area contributed by atoms with Crippen molar-refractivity contribution < 1.29 is 9.53 Å². The van der Waals surface area contributed by atoms with Gasteiger partial charge in [0.25, 0.3) is 0 Å². The Morgan fingerprint density at radius 1 is 1.38 bits per heavy atom. The van der Waals surface area contributed by atoms with Crippen LogP contribution in [-0.4, -0.2) is 38.3 Å². The van der Waals surface area contributed by atoms with E-state index in [4.69, 9.17) is 4.74 Å². The molecule has 1 aromatic carbocycles. The Bertz CT molecular complexity index is 483. The molecule has 1 saturated heterocycles. The SMILES string of the molecule is O=C(CC1COCCN1)NCC1CCCc2ccccc21. The maximum Gasteiger partial charge on any atom is 0.221 e. The molecule has 0 aromatic heterocycles. The molecule has 21 heavy (non-hydrogen) atoms. The minimum atomic E-state index is 0.126. The number of amides is 1. The van der Waals surface area contributed by atoms with Crippen molar-refractivity contribution in [2.24, 2.45) is 0 Å². The van der Waals surface area contributed by atoms with Gasteiger partial charge in [0.15, 0.2) is 0 Å². The van der Waals surface area contributed by atoms with Crippen LogP contribution in [0.3, 0.4) is 0 Å². The number of rotatable bonds is 4. The Morgan fingerprint density at radius 3 is 3.14 bits per heavy atom. The van der Waals surface area contributed by atoms with E-state index in [0.717, 1.165) is 19.7 Å². The summed E-state index contributed by atoms with van der Waals surface area (Å²) in [5, 5.41) is 6.42. The molecule has 0 radical (unpaired) electrons. The fourth-order valence-electron chi connectivity index (χ4n) is 3.35. The molecule has 1 fully saturated rings. The van der Waals surface area contributed by atoms with Gasteiger partial charge < -0.3 is 15.4 Å². The Balaban J connectivity index is 1.50. The number of hydrogen-bond donors (Lipinski definition) is 2. The van der Waals surface area contributed by atoms with Crippen molar-refractivity contribution in [3.05, 3.63) is 35.4 Å². The average molecular weight is 288 g/mol. The summed E-state index contributed by atoms with van der Waals surface area (Å²) in [6, 6.07) is 8.79. The molecule has 0 saturated carbocycles. The number of fused-ring (bicyclic) bond motifs is 1. The van der Waals surface area contributed by atoms with Crippen LogP contribution in [0, 0.1) is 0 Å². The van der Waals surface area contributed by atoms with Crippen molar-refractivity contribution in [1.29, 1.82) is 0 Å². The van der Waals surface area contributed by atoms with Crippen molar-refractivity contribution in [3.63, 3.8) is 0 Å². The fraction of sp³-hybridized carbons (Fsp3) is 0.588. The van der Waals surface area contributed by atoms with Gasteiger partial charge in [-0.2, -0.15) is 0 Å². The van der Waals surface area contributed by atoms with E-state index in [1.807, 2.05) is 0 Å². The van der Waals surface area contributed by atoms with Crippen LogP contribution >= 0.6 is 0 Å². The van der Waals surface area contributed by atoms with E-state index < -0.39 is 0 Å². The lowest BCUT2D eigenvalue weighted by atomic mass is 9.83. The zero-order valence-electron chi connectivity index (χ0n) is 12.4. The molecule has 2 aliphatic rings. The van der Waals surface area contributed by atoms with Crippen LogP contribution in [0.1, 0.15) is 36.3 Å². The first-order valence-corrected chi connectivity index (χ1v) is 7.98. The first-order valence-electron chi connectivity index (χ1n) is 7.98. The Morgan fingerprint density at radius 2 is 2.29 bits per heavy atom. The van der Waals surface area contributed by atoms with Crippen LogP contribution in [0.4, 0.5) is 0 Å². The highest BCUT2D eigenvalue weighted by Gasteiger charge is 2.21. The lowest BCUT2D eigenvalue weighted by Crippen LogP contribution is -2.44. The molecule has 1 amide bonds. The third-order valence-corrected chi connectivity index (χ3v) is 4.47. The molecule has 4 nitrogen and oxygen atoms in total. The second-order valence-corrected chi connectivity index (χ2v) is 6.02. The summed E-state index contributed by atoms with van der Waals surface area (Å²) in [5.74, 6) is 0.593. The number of benzene rings is 1. The normalized spacial score (nSPS) is 25.1. The van der Waals surface area contributed by atoms with E-state index in [0.29, 0.717) is 18.9 Å². The van der Waals surface area contributed by atoms with Gasteiger partial charge in [-0.1, -0.05) is 24.3 Å². The van der Waals surface area contributed by atoms with Gasteiger partial charge >= 0.3 is 0 Å². The summed E-state index contributed by atoms with van der Waals surface area (Å²) in [5.41, 5.74) is 2.87. The van der Waals surface area contributed by atoms with Gasteiger partial charge in [0.1, 0.15) is 0 Å². The van der Waals surface area contributed by atoms with Crippen LogP contribution in [-0.2, 0) is 16.0 Å². The highest BCUT2D eigenvalue weighted by Crippen LogP contribution is 2.30. The molecule has 2 N–H and O–H groups in total. The predicted octanol–water partition coefficient (Wildman–Crippen LogP) is 1.60. The maximum absolute atomic E-state index is 12.1. The molecule has 3 rings (SSSR count). The Hall–Kier alpha value is -1.39. The number of aryl methyl sites for hydroxylation is 1. The van der Waals surface area contributed by atoms with Crippen molar-refractivity contribution in [2.45, 2.75) is 37.6 Å². The minimum Gasteiger partial charge on any atom is -0.378 e. The van der Waals surface area contributed by atoms with Crippen LogP contribution in [0.2, 0.25) is 0 Å². The van der Waals surface area contributed by atoms with E-state index >= 15 is 0 Å². The van der Waals surface area contributed by atoms with Gasteiger partial charge in [-0.3, -0.25) is 4.79 Å². The Kier molecular flexibility index (Phi) is 4.88. The summed E-state index contributed by atoms with van der Waals surface area (Å²) in [6.07, 6.45) is 4.07. The zero-order chi connectivity index (χ0) is 14.5. The second kappa shape index (κ2) is 7.05. The topological polar surface area (TPSA) is 50.4 Å². The largest absolute Gasteiger partial charge is 0.378 e. The highest BCUT2D eigenvalue weighted by molar-refractivity contribution is 5.76. The van der Waals surface area contributed by atoms with Gasteiger partial charge in [0.2, 0.25) is 5.91 Å². The lowest BCUT2D eigenvalue weighted by molar-refractivity contribution is -0.122. The molecule has 1 aliphatic carbocycles. The summed E-state index contributed by atoms with van der Waals surface area (Å²) in [7, 11) is 0. The number of hydrogen-bond acceptors (Lipinski definition) is 3.